The van der Waals surface area contributed by atoms with Crippen molar-refractivity contribution in [2.75, 3.05) is 7.05 Å². The number of carbonyl (C=O) groups is 1. The fourth-order valence-electron chi connectivity index (χ4n) is 1.93. The highest BCUT2D eigenvalue weighted by Crippen LogP contribution is 2.21. The highest BCUT2D eigenvalue weighted by Gasteiger charge is 2.29. The van der Waals surface area contributed by atoms with Crippen LogP contribution in [-0.4, -0.2) is 28.9 Å². The van der Waals surface area contributed by atoms with E-state index in [2.05, 4.69) is 13.8 Å². The number of hydrogen-bond donors (Lipinski definition) is 1. The number of nitrogens with zero attached hydrogens (tertiary/aromatic N) is 1. The minimum absolute atomic E-state index is 0.0418. The molecule has 1 aromatic carbocycles. The van der Waals surface area contributed by atoms with Gasteiger partial charge in [-0.2, -0.15) is 0 Å². The second-order valence-corrected chi connectivity index (χ2v) is 5.65. The minimum atomic E-state index is -0.539. The first-order valence-corrected chi connectivity index (χ1v) is 6.88. The standard InChI is InChI=1S/C15H22N2OS/c1-10(2)11(3)17(4)15(18)13(14(16)19)12-8-6-5-7-9-12/h5-11,13H,1-4H3,(H2,16,19). The van der Waals surface area contributed by atoms with E-state index in [1.54, 1.807) is 11.9 Å². The Labute approximate surface area is 120 Å². The van der Waals surface area contributed by atoms with Crippen LogP contribution < -0.4 is 5.73 Å². The average molecular weight is 278 g/mol. The molecule has 0 heterocycles. The molecule has 2 atom stereocenters. The summed E-state index contributed by atoms with van der Waals surface area (Å²) >= 11 is 5.08. The van der Waals surface area contributed by atoms with Gasteiger partial charge in [-0.1, -0.05) is 56.4 Å². The molecular weight excluding hydrogens is 256 g/mol. The van der Waals surface area contributed by atoms with E-state index in [9.17, 15) is 4.79 Å². The van der Waals surface area contributed by atoms with Crippen LogP contribution >= 0.6 is 12.2 Å². The average Bonchev–Trinajstić information content (AvgIpc) is 2.37. The topological polar surface area (TPSA) is 46.3 Å². The van der Waals surface area contributed by atoms with Crippen LogP contribution in [0.4, 0.5) is 0 Å². The van der Waals surface area contributed by atoms with Crippen LogP contribution in [0.5, 0.6) is 0 Å². The van der Waals surface area contributed by atoms with Crippen molar-refractivity contribution in [3.05, 3.63) is 35.9 Å². The first kappa shape index (κ1) is 15.6. The molecule has 0 aliphatic rings. The van der Waals surface area contributed by atoms with Crippen molar-refractivity contribution in [3.63, 3.8) is 0 Å². The molecule has 0 bridgehead atoms. The Kier molecular flexibility index (Phi) is 5.48. The van der Waals surface area contributed by atoms with Crippen molar-refractivity contribution in [3.8, 4) is 0 Å². The second kappa shape index (κ2) is 6.66. The molecule has 0 saturated heterocycles. The molecule has 0 radical (unpaired) electrons. The van der Waals surface area contributed by atoms with Crippen molar-refractivity contribution >= 4 is 23.1 Å². The zero-order chi connectivity index (χ0) is 14.6. The zero-order valence-electron chi connectivity index (χ0n) is 12.0. The molecule has 1 aromatic rings. The summed E-state index contributed by atoms with van der Waals surface area (Å²) in [4.78, 5) is 14.5. The summed E-state index contributed by atoms with van der Waals surface area (Å²) in [5, 5.41) is 0. The molecule has 3 nitrogen and oxygen atoms in total. The maximum atomic E-state index is 12.6. The van der Waals surface area contributed by atoms with Gasteiger partial charge < -0.3 is 10.6 Å². The first-order valence-electron chi connectivity index (χ1n) is 6.47. The fourth-order valence-corrected chi connectivity index (χ4v) is 2.16. The summed E-state index contributed by atoms with van der Waals surface area (Å²) < 4.78 is 0. The van der Waals surface area contributed by atoms with Crippen LogP contribution in [-0.2, 0) is 4.79 Å². The molecule has 0 saturated carbocycles. The van der Waals surface area contributed by atoms with Gasteiger partial charge in [0.2, 0.25) is 5.91 Å². The summed E-state index contributed by atoms with van der Waals surface area (Å²) in [6, 6.07) is 9.60. The predicted octanol–water partition coefficient (Wildman–Crippen LogP) is 2.56. The van der Waals surface area contributed by atoms with Gasteiger partial charge in [0.25, 0.3) is 0 Å². The van der Waals surface area contributed by atoms with Gasteiger partial charge in [0, 0.05) is 13.1 Å². The Morgan fingerprint density at radius 1 is 1.21 bits per heavy atom. The van der Waals surface area contributed by atoms with Gasteiger partial charge in [-0.05, 0) is 18.4 Å². The van der Waals surface area contributed by atoms with Crippen LogP contribution in [0.3, 0.4) is 0 Å². The molecule has 4 heteroatoms. The summed E-state index contributed by atoms with van der Waals surface area (Å²) in [7, 11) is 1.81. The SMILES string of the molecule is CC(C)C(C)N(C)C(=O)C(C(N)=S)c1ccccc1. The maximum Gasteiger partial charge on any atom is 0.236 e. The summed E-state index contributed by atoms with van der Waals surface area (Å²) in [6.07, 6.45) is 0. The molecule has 2 N–H and O–H groups in total. The lowest BCUT2D eigenvalue weighted by atomic mass is 9.96. The third kappa shape index (κ3) is 3.77. The lowest BCUT2D eigenvalue weighted by molar-refractivity contribution is -0.132. The molecule has 1 rings (SSSR count). The Hall–Kier alpha value is -1.42. The molecule has 0 aromatic heterocycles. The van der Waals surface area contributed by atoms with Gasteiger partial charge in [-0.15, -0.1) is 0 Å². The summed E-state index contributed by atoms with van der Waals surface area (Å²) in [5.74, 6) is -0.195. The number of thiocarbonyl (C=S) groups is 1. The van der Waals surface area contributed by atoms with Crippen LogP contribution in [0, 0.1) is 5.92 Å². The van der Waals surface area contributed by atoms with Crippen LogP contribution in [0.1, 0.15) is 32.3 Å². The van der Waals surface area contributed by atoms with E-state index in [0.29, 0.717) is 5.92 Å². The normalized spacial score (nSPS) is 13.9. The van der Waals surface area contributed by atoms with E-state index in [-0.39, 0.29) is 16.9 Å². The highest BCUT2D eigenvalue weighted by molar-refractivity contribution is 7.80. The monoisotopic (exact) mass is 278 g/mol. The van der Waals surface area contributed by atoms with Gasteiger partial charge in [0.1, 0.15) is 5.92 Å². The van der Waals surface area contributed by atoms with Gasteiger partial charge in [0.05, 0.1) is 4.99 Å². The van der Waals surface area contributed by atoms with Crippen molar-refractivity contribution < 1.29 is 4.79 Å². The van der Waals surface area contributed by atoms with Crippen LogP contribution in [0.2, 0.25) is 0 Å². The van der Waals surface area contributed by atoms with E-state index >= 15 is 0 Å². The highest BCUT2D eigenvalue weighted by atomic mass is 32.1. The van der Waals surface area contributed by atoms with Gasteiger partial charge in [-0.25, -0.2) is 0 Å². The van der Waals surface area contributed by atoms with Gasteiger partial charge in [0.15, 0.2) is 0 Å². The number of nitrogens with two attached hydrogens (primary N) is 1. The van der Waals surface area contributed by atoms with Gasteiger partial charge >= 0.3 is 0 Å². The largest absolute Gasteiger partial charge is 0.392 e. The Morgan fingerprint density at radius 3 is 2.16 bits per heavy atom. The summed E-state index contributed by atoms with van der Waals surface area (Å²) in [6.45, 7) is 6.21. The third-order valence-electron chi connectivity index (χ3n) is 3.59. The number of benzene rings is 1. The molecule has 0 aliphatic carbocycles. The van der Waals surface area contributed by atoms with E-state index in [4.69, 9.17) is 18.0 Å². The smallest absolute Gasteiger partial charge is 0.236 e. The maximum absolute atomic E-state index is 12.6. The minimum Gasteiger partial charge on any atom is -0.392 e. The first-order chi connectivity index (χ1) is 8.86. The van der Waals surface area contributed by atoms with Crippen LogP contribution in [0.15, 0.2) is 30.3 Å². The lowest BCUT2D eigenvalue weighted by Crippen LogP contribution is -2.44. The molecule has 19 heavy (non-hydrogen) atoms. The number of likely N-dealkylation sites (N-methyl/N-ethyl adjacent to an activating group) is 1. The van der Waals surface area contributed by atoms with E-state index < -0.39 is 5.92 Å². The molecule has 0 aliphatic heterocycles. The molecule has 1 amide bonds. The van der Waals surface area contributed by atoms with E-state index in [1.807, 2.05) is 37.3 Å². The van der Waals surface area contributed by atoms with Crippen molar-refractivity contribution in [2.45, 2.75) is 32.7 Å². The predicted molar refractivity (Wildman–Crippen MR) is 83.0 cm³/mol. The number of rotatable bonds is 5. The number of hydrogen-bond acceptors (Lipinski definition) is 2. The molecule has 104 valence electrons. The molecule has 2 unspecified atom stereocenters. The lowest BCUT2D eigenvalue weighted by Gasteiger charge is -2.31. The van der Waals surface area contributed by atoms with E-state index in [1.165, 1.54) is 0 Å². The van der Waals surface area contributed by atoms with Gasteiger partial charge in [-0.3, -0.25) is 4.79 Å². The Bertz CT molecular complexity index is 445. The van der Waals surface area contributed by atoms with Crippen molar-refractivity contribution in [1.82, 2.24) is 4.90 Å². The van der Waals surface area contributed by atoms with E-state index in [0.717, 1.165) is 5.56 Å². The molecular formula is C15H22N2OS. The fraction of sp³-hybridized carbons (Fsp3) is 0.467. The number of amides is 1. The number of carbonyl (C=O) groups excluding carboxylic acids is 1. The molecule has 0 fully saturated rings. The third-order valence-corrected chi connectivity index (χ3v) is 3.82. The van der Waals surface area contributed by atoms with Crippen molar-refractivity contribution in [2.24, 2.45) is 11.7 Å². The Balaban J connectivity index is 3.01. The zero-order valence-corrected chi connectivity index (χ0v) is 12.8. The summed E-state index contributed by atoms with van der Waals surface area (Å²) in [5.41, 5.74) is 6.62. The second-order valence-electron chi connectivity index (χ2n) is 5.18. The molecule has 0 spiro atoms. The van der Waals surface area contributed by atoms with Crippen LogP contribution in [0.25, 0.3) is 0 Å². The Morgan fingerprint density at radius 2 is 1.74 bits per heavy atom. The van der Waals surface area contributed by atoms with Crippen molar-refractivity contribution in [1.29, 1.82) is 0 Å². The quantitative estimate of drug-likeness (QED) is 0.842.